The number of carbonyl (C=O) groups excluding carboxylic acids is 1. The van der Waals surface area contributed by atoms with E-state index in [-0.39, 0.29) is 0 Å². The number of aromatic nitrogens is 2. The van der Waals surface area contributed by atoms with Crippen LogP contribution in [-0.4, -0.2) is 16.1 Å². The summed E-state index contributed by atoms with van der Waals surface area (Å²) in [6, 6.07) is 0. The predicted octanol–water partition coefficient (Wildman–Crippen LogP) is 1.11. The van der Waals surface area contributed by atoms with Gasteiger partial charge >= 0.3 is 0 Å². The molecule has 0 spiro atoms. The van der Waals surface area contributed by atoms with E-state index in [0.29, 0.717) is 5.56 Å². The highest BCUT2D eigenvalue weighted by Gasteiger charge is 2.09. The molecule has 2 heterocycles. The third-order valence-electron chi connectivity index (χ3n) is 1.85. The molecule has 0 fully saturated rings. The number of hydrogen-bond donors (Lipinski definition) is 0. The fraction of sp³-hybridized carbons (Fsp3) is 0.250. The van der Waals surface area contributed by atoms with Gasteiger partial charge in [0.25, 0.3) is 0 Å². The number of rotatable bonds is 1. The summed E-state index contributed by atoms with van der Waals surface area (Å²) < 4.78 is 1.76. The van der Waals surface area contributed by atoms with Crippen LogP contribution in [0.25, 0.3) is 6.20 Å². The summed E-state index contributed by atoms with van der Waals surface area (Å²) in [7, 11) is 0. The normalized spacial score (nSPS) is 14.5. The van der Waals surface area contributed by atoms with Crippen LogP contribution >= 0.6 is 0 Å². The first-order valence-electron chi connectivity index (χ1n) is 3.60. The largest absolute Gasteiger partial charge is 0.298 e. The zero-order valence-electron chi connectivity index (χ0n) is 6.03. The summed E-state index contributed by atoms with van der Waals surface area (Å²) in [5.74, 6) is 0. The second-order valence-electron chi connectivity index (χ2n) is 2.53. The number of fused-ring (bicyclic) bond motifs is 1. The lowest BCUT2D eigenvalue weighted by atomic mass is 10.1. The van der Waals surface area contributed by atoms with Crippen molar-refractivity contribution in [2.45, 2.75) is 12.8 Å². The van der Waals surface area contributed by atoms with Crippen molar-refractivity contribution in [1.29, 1.82) is 0 Å². The van der Waals surface area contributed by atoms with Crippen molar-refractivity contribution >= 4 is 12.5 Å². The molecule has 1 aliphatic rings. The SMILES string of the molecule is O=Cc1cnn2c1CCC=C2. The standard InChI is InChI=1S/C8H8N2O/c11-6-7-5-9-10-4-2-1-3-8(7)10/h2,4-6H,1,3H2. The van der Waals surface area contributed by atoms with Crippen molar-refractivity contribution in [2.24, 2.45) is 0 Å². The molecular weight excluding hydrogens is 140 g/mol. The maximum Gasteiger partial charge on any atom is 0.153 e. The van der Waals surface area contributed by atoms with Crippen LogP contribution in [0.3, 0.4) is 0 Å². The summed E-state index contributed by atoms with van der Waals surface area (Å²) in [5, 5.41) is 4.03. The lowest BCUT2D eigenvalue weighted by molar-refractivity contribution is 0.112. The lowest BCUT2D eigenvalue weighted by Gasteiger charge is -2.06. The minimum Gasteiger partial charge on any atom is -0.298 e. The van der Waals surface area contributed by atoms with E-state index in [1.165, 1.54) is 0 Å². The van der Waals surface area contributed by atoms with E-state index in [4.69, 9.17) is 0 Å². The van der Waals surface area contributed by atoms with Gasteiger partial charge in [0.2, 0.25) is 0 Å². The second kappa shape index (κ2) is 2.34. The molecule has 3 heteroatoms. The van der Waals surface area contributed by atoms with Crippen LogP contribution in [-0.2, 0) is 6.42 Å². The van der Waals surface area contributed by atoms with Gasteiger partial charge < -0.3 is 0 Å². The predicted molar refractivity (Wildman–Crippen MR) is 41.3 cm³/mol. The Morgan fingerprint density at radius 1 is 1.64 bits per heavy atom. The topological polar surface area (TPSA) is 34.9 Å². The number of allylic oxidation sites excluding steroid dienone is 1. The fourth-order valence-corrected chi connectivity index (χ4v) is 1.28. The van der Waals surface area contributed by atoms with Crippen molar-refractivity contribution in [3.8, 4) is 0 Å². The summed E-state index contributed by atoms with van der Waals surface area (Å²) in [5.41, 5.74) is 1.75. The zero-order chi connectivity index (χ0) is 7.68. The van der Waals surface area contributed by atoms with Gasteiger partial charge in [-0.2, -0.15) is 5.10 Å². The van der Waals surface area contributed by atoms with E-state index in [9.17, 15) is 4.79 Å². The zero-order valence-corrected chi connectivity index (χ0v) is 6.03. The van der Waals surface area contributed by atoms with E-state index >= 15 is 0 Å². The Hall–Kier alpha value is -1.38. The third kappa shape index (κ3) is 0.888. The maximum absolute atomic E-state index is 10.5. The molecule has 1 aromatic heterocycles. The molecular formula is C8H8N2O. The average molecular weight is 148 g/mol. The van der Waals surface area contributed by atoms with Crippen LogP contribution in [0.2, 0.25) is 0 Å². The van der Waals surface area contributed by atoms with Gasteiger partial charge in [0.15, 0.2) is 6.29 Å². The molecule has 3 nitrogen and oxygen atoms in total. The van der Waals surface area contributed by atoms with Crippen molar-refractivity contribution in [2.75, 3.05) is 0 Å². The smallest absolute Gasteiger partial charge is 0.153 e. The second-order valence-corrected chi connectivity index (χ2v) is 2.53. The summed E-state index contributed by atoms with van der Waals surface area (Å²) in [6.07, 6.45) is 8.34. The van der Waals surface area contributed by atoms with Crippen molar-refractivity contribution in [1.82, 2.24) is 9.78 Å². The van der Waals surface area contributed by atoms with Gasteiger partial charge in [-0.25, -0.2) is 4.68 Å². The molecule has 1 aromatic rings. The summed E-state index contributed by atoms with van der Waals surface area (Å²) in [6.45, 7) is 0. The van der Waals surface area contributed by atoms with Crippen LogP contribution in [0.15, 0.2) is 12.3 Å². The Kier molecular flexibility index (Phi) is 1.35. The molecule has 1 aliphatic heterocycles. The highest BCUT2D eigenvalue weighted by atomic mass is 16.1. The first-order valence-corrected chi connectivity index (χ1v) is 3.60. The average Bonchev–Trinajstić information content (AvgIpc) is 2.47. The first kappa shape index (κ1) is 6.34. The third-order valence-corrected chi connectivity index (χ3v) is 1.85. The summed E-state index contributed by atoms with van der Waals surface area (Å²) in [4.78, 5) is 10.5. The van der Waals surface area contributed by atoms with E-state index in [1.807, 2.05) is 6.20 Å². The molecule has 0 saturated heterocycles. The lowest BCUT2D eigenvalue weighted by Crippen LogP contribution is -2.02. The van der Waals surface area contributed by atoms with Gasteiger partial charge in [-0.1, -0.05) is 6.08 Å². The Morgan fingerprint density at radius 3 is 3.36 bits per heavy atom. The Labute approximate surface area is 64.3 Å². The number of carbonyl (C=O) groups is 1. The van der Waals surface area contributed by atoms with Crippen molar-refractivity contribution in [3.63, 3.8) is 0 Å². The molecule has 0 saturated carbocycles. The summed E-state index contributed by atoms with van der Waals surface area (Å²) >= 11 is 0. The molecule has 0 atom stereocenters. The molecule has 0 aromatic carbocycles. The highest BCUT2D eigenvalue weighted by molar-refractivity contribution is 5.76. The van der Waals surface area contributed by atoms with Crippen LogP contribution in [0, 0.1) is 0 Å². The molecule has 56 valence electrons. The molecule has 0 radical (unpaired) electrons. The minimum atomic E-state index is 0.717. The van der Waals surface area contributed by atoms with Gasteiger partial charge in [0.1, 0.15) is 0 Å². The van der Waals surface area contributed by atoms with Crippen LogP contribution in [0.5, 0.6) is 0 Å². The monoisotopic (exact) mass is 148 g/mol. The molecule has 0 amide bonds. The minimum absolute atomic E-state index is 0.717. The van der Waals surface area contributed by atoms with E-state index in [1.54, 1.807) is 10.9 Å². The number of nitrogens with zero attached hydrogens (tertiary/aromatic N) is 2. The number of hydrogen-bond acceptors (Lipinski definition) is 2. The Morgan fingerprint density at radius 2 is 2.55 bits per heavy atom. The van der Waals surface area contributed by atoms with E-state index in [0.717, 1.165) is 24.8 Å². The van der Waals surface area contributed by atoms with Crippen molar-refractivity contribution in [3.05, 3.63) is 23.5 Å². The van der Waals surface area contributed by atoms with Crippen LogP contribution in [0.4, 0.5) is 0 Å². The molecule has 0 bridgehead atoms. The Balaban J connectivity index is 2.55. The molecule has 0 N–H and O–H groups in total. The van der Waals surface area contributed by atoms with Crippen LogP contribution in [0.1, 0.15) is 22.5 Å². The van der Waals surface area contributed by atoms with E-state index in [2.05, 4.69) is 11.2 Å². The highest BCUT2D eigenvalue weighted by Crippen LogP contribution is 2.13. The molecule has 0 unspecified atom stereocenters. The van der Waals surface area contributed by atoms with Gasteiger partial charge in [0.05, 0.1) is 17.5 Å². The molecule has 11 heavy (non-hydrogen) atoms. The maximum atomic E-state index is 10.5. The van der Waals surface area contributed by atoms with E-state index < -0.39 is 0 Å². The van der Waals surface area contributed by atoms with Crippen molar-refractivity contribution < 1.29 is 4.79 Å². The number of aldehydes is 1. The quantitative estimate of drug-likeness (QED) is 0.559. The Bertz CT molecular complexity index is 312. The molecule has 0 aliphatic carbocycles. The van der Waals surface area contributed by atoms with Gasteiger partial charge in [0, 0.05) is 6.20 Å². The fourth-order valence-electron chi connectivity index (χ4n) is 1.28. The van der Waals surface area contributed by atoms with Gasteiger partial charge in [-0.15, -0.1) is 0 Å². The molecule has 2 rings (SSSR count). The first-order chi connectivity index (χ1) is 5.42. The van der Waals surface area contributed by atoms with Gasteiger partial charge in [-0.05, 0) is 12.8 Å². The van der Waals surface area contributed by atoms with Crippen LogP contribution < -0.4 is 0 Å². The van der Waals surface area contributed by atoms with Gasteiger partial charge in [-0.3, -0.25) is 4.79 Å².